The molecule has 0 aromatic heterocycles. The minimum absolute atomic E-state index is 0.0267. The molecule has 1 aliphatic carbocycles. The molecule has 2 fully saturated rings. The molecule has 3 unspecified atom stereocenters. The predicted molar refractivity (Wildman–Crippen MR) is 134 cm³/mol. The van der Waals surface area contributed by atoms with Crippen molar-refractivity contribution < 1.29 is 14.0 Å². The molecule has 0 spiro atoms. The van der Waals surface area contributed by atoms with Crippen molar-refractivity contribution in [2.45, 2.75) is 37.9 Å². The molecular weight excluding hydrogens is 465 g/mol. The Kier molecular flexibility index (Phi) is 5.58. The molecule has 178 valence electrons. The Morgan fingerprint density at radius 1 is 1.00 bits per heavy atom. The van der Waals surface area contributed by atoms with Gasteiger partial charge in [0, 0.05) is 47.1 Å². The fourth-order valence-electron chi connectivity index (χ4n) is 5.98. The molecule has 3 aliphatic rings. The van der Waals surface area contributed by atoms with E-state index < -0.39 is 11.7 Å². The Labute approximate surface area is 208 Å². The van der Waals surface area contributed by atoms with Crippen molar-refractivity contribution in [2.75, 3.05) is 16.8 Å². The van der Waals surface area contributed by atoms with Crippen LogP contribution in [-0.2, 0) is 6.54 Å². The van der Waals surface area contributed by atoms with Crippen LogP contribution in [0.3, 0.4) is 0 Å². The SMILES string of the molecule is O=C(Nc1ccc(C(=O)N2CC3C4CCC(C4)N3Cc3ccc(Cl)cc32)cc1)c1ccccc1F. The lowest BCUT2D eigenvalue weighted by Crippen LogP contribution is -2.46. The summed E-state index contributed by atoms with van der Waals surface area (Å²) >= 11 is 6.35. The van der Waals surface area contributed by atoms with Gasteiger partial charge in [0.2, 0.25) is 0 Å². The molecule has 3 aromatic rings. The van der Waals surface area contributed by atoms with Crippen LogP contribution in [0.15, 0.2) is 66.7 Å². The Balaban J connectivity index is 1.26. The van der Waals surface area contributed by atoms with Gasteiger partial charge in [-0.15, -0.1) is 0 Å². The van der Waals surface area contributed by atoms with Gasteiger partial charge in [0.15, 0.2) is 0 Å². The van der Waals surface area contributed by atoms with Crippen molar-refractivity contribution in [3.05, 3.63) is 94.3 Å². The summed E-state index contributed by atoms with van der Waals surface area (Å²) in [4.78, 5) is 30.6. The highest BCUT2D eigenvalue weighted by Crippen LogP contribution is 2.46. The van der Waals surface area contributed by atoms with Gasteiger partial charge >= 0.3 is 0 Å². The highest BCUT2D eigenvalue weighted by Gasteiger charge is 2.48. The lowest BCUT2D eigenvalue weighted by Gasteiger charge is -2.35. The maximum absolute atomic E-state index is 13.9. The fraction of sp³-hybridized carbons (Fsp3) is 0.286. The smallest absolute Gasteiger partial charge is 0.258 e. The summed E-state index contributed by atoms with van der Waals surface area (Å²) in [6.07, 6.45) is 3.67. The average molecular weight is 490 g/mol. The first kappa shape index (κ1) is 22.3. The number of nitrogens with zero attached hydrogens (tertiary/aromatic N) is 2. The first-order valence-electron chi connectivity index (χ1n) is 12.0. The molecule has 7 heteroatoms. The van der Waals surface area contributed by atoms with Gasteiger partial charge < -0.3 is 10.2 Å². The van der Waals surface area contributed by atoms with Gasteiger partial charge in [0.25, 0.3) is 11.8 Å². The maximum atomic E-state index is 13.9. The largest absolute Gasteiger partial charge is 0.322 e. The van der Waals surface area contributed by atoms with Crippen molar-refractivity contribution in [2.24, 2.45) is 5.92 Å². The number of carbonyl (C=O) groups is 2. The summed E-state index contributed by atoms with van der Waals surface area (Å²) in [6, 6.07) is 19.4. The van der Waals surface area contributed by atoms with Crippen molar-refractivity contribution >= 4 is 34.8 Å². The molecule has 3 aromatic carbocycles. The summed E-state index contributed by atoms with van der Waals surface area (Å²) in [5, 5.41) is 3.31. The second-order valence-corrected chi connectivity index (χ2v) is 10.1. The number of rotatable bonds is 3. The number of benzene rings is 3. The molecule has 35 heavy (non-hydrogen) atoms. The van der Waals surface area contributed by atoms with E-state index in [1.165, 1.54) is 37.5 Å². The molecule has 2 amide bonds. The summed E-state index contributed by atoms with van der Waals surface area (Å²) in [5.74, 6) is -0.583. The van der Waals surface area contributed by atoms with Gasteiger partial charge in [-0.2, -0.15) is 0 Å². The predicted octanol–water partition coefficient (Wildman–Crippen LogP) is 5.74. The number of fused-ring (bicyclic) bond motifs is 6. The van der Waals surface area contributed by atoms with Crippen LogP contribution in [0.25, 0.3) is 0 Å². The molecule has 1 N–H and O–H groups in total. The molecule has 2 aliphatic heterocycles. The van der Waals surface area contributed by atoms with Gasteiger partial charge in [-0.05, 0) is 79.3 Å². The molecular formula is C28H25ClFN3O2. The van der Waals surface area contributed by atoms with Gasteiger partial charge in [-0.25, -0.2) is 4.39 Å². The zero-order valence-corrected chi connectivity index (χ0v) is 19.8. The average Bonchev–Trinajstić information content (AvgIpc) is 3.41. The highest BCUT2D eigenvalue weighted by atomic mass is 35.5. The number of amides is 2. The van der Waals surface area contributed by atoms with Gasteiger partial charge in [0.05, 0.1) is 5.56 Å². The summed E-state index contributed by atoms with van der Waals surface area (Å²) in [7, 11) is 0. The molecule has 3 atom stereocenters. The van der Waals surface area contributed by atoms with Crippen molar-refractivity contribution in [3.8, 4) is 0 Å². The van der Waals surface area contributed by atoms with Crippen LogP contribution in [0.1, 0.15) is 45.5 Å². The van der Waals surface area contributed by atoms with E-state index in [0.717, 1.165) is 17.8 Å². The van der Waals surface area contributed by atoms with E-state index in [0.29, 0.717) is 40.8 Å². The van der Waals surface area contributed by atoms with Crippen LogP contribution in [0.5, 0.6) is 0 Å². The Bertz CT molecular complexity index is 1310. The van der Waals surface area contributed by atoms with Crippen molar-refractivity contribution in [1.29, 1.82) is 0 Å². The van der Waals surface area contributed by atoms with Crippen LogP contribution in [0.4, 0.5) is 15.8 Å². The molecule has 1 saturated carbocycles. The second-order valence-electron chi connectivity index (χ2n) is 9.67. The number of piperidine rings is 1. The molecule has 5 nitrogen and oxygen atoms in total. The lowest BCUT2D eigenvalue weighted by molar-refractivity contribution is 0.0961. The minimum atomic E-state index is -0.579. The van der Waals surface area contributed by atoms with E-state index in [9.17, 15) is 14.0 Å². The van der Waals surface area contributed by atoms with E-state index in [1.807, 2.05) is 23.1 Å². The van der Waals surface area contributed by atoms with E-state index >= 15 is 0 Å². The maximum Gasteiger partial charge on any atom is 0.258 e. The Morgan fingerprint density at radius 3 is 2.60 bits per heavy atom. The number of halogens is 2. The highest BCUT2D eigenvalue weighted by molar-refractivity contribution is 6.31. The van der Waals surface area contributed by atoms with Crippen LogP contribution in [0.2, 0.25) is 5.02 Å². The number of carbonyl (C=O) groups excluding carboxylic acids is 2. The van der Waals surface area contributed by atoms with Crippen LogP contribution in [-0.4, -0.2) is 35.3 Å². The standard InChI is InChI=1S/C28H25ClFN3O2/c29-20-9-5-19-15-32-22-12-8-18(13-22)26(32)16-33(25(19)14-20)28(35)17-6-10-21(11-7-17)31-27(34)23-3-1-2-4-24(23)30/h1-7,9-11,14,18,22,26H,8,12-13,15-16H2,(H,31,34). The minimum Gasteiger partial charge on any atom is -0.322 e. The topological polar surface area (TPSA) is 52.7 Å². The Hall–Kier alpha value is -3.22. The van der Waals surface area contributed by atoms with Crippen molar-refractivity contribution in [3.63, 3.8) is 0 Å². The van der Waals surface area contributed by atoms with Gasteiger partial charge in [0.1, 0.15) is 5.82 Å². The summed E-state index contributed by atoms with van der Waals surface area (Å²) in [6.45, 7) is 1.47. The number of anilines is 2. The zero-order chi connectivity index (χ0) is 24.1. The Morgan fingerprint density at radius 2 is 1.80 bits per heavy atom. The van der Waals surface area contributed by atoms with Crippen molar-refractivity contribution in [1.82, 2.24) is 4.90 Å². The zero-order valence-electron chi connectivity index (χ0n) is 19.1. The van der Waals surface area contributed by atoms with Crippen LogP contribution >= 0.6 is 11.6 Å². The van der Waals surface area contributed by atoms with E-state index in [1.54, 1.807) is 30.3 Å². The molecule has 0 radical (unpaired) electrons. The molecule has 6 rings (SSSR count). The summed E-state index contributed by atoms with van der Waals surface area (Å²) < 4.78 is 13.9. The first-order valence-corrected chi connectivity index (χ1v) is 12.4. The quantitative estimate of drug-likeness (QED) is 0.510. The normalized spacial score (nSPS) is 22.9. The monoisotopic (exact) mass is 489 g/mol. The lowest BCUT2D eigenvalue weighted by atomic mass is 9.98. The molecule has 2 bridgehead atoms. The number of hydrogen-bond acceptors (Lipinski definition) is 3. The number of nitrogens with one attached hydrogen (secondary N) is 1. The third kappa shape index (κ3) is 4.01. The van der Waals surface area contributed by atoms with Gasteiger partial charge in [-0.3, -0.25) is 14.5 Å². The van der Waals surface area contributed by atoms with E-state index in [-0.39, 0.29) is 11.5 Å². The van der Waals surface area contributed by atoms with Crippen LogP contribution in [0, 0.1) is 11.7 Å². The van der Waals surface area contributed by atoms with E-state index in [4.69, 9.17) is 11.6 Å². The molecule has 1 saturated heterocycles. The van der Waals surface area contributed by atoms with E-state index in [2.05, 4.69) is 10.2 Å². The molecule has 2 heterocycles. The number of hydrogen-bond donors (Lipinski definition) is 1. The fourth-order valence-corrected chi connectivity index (χ4v) is 6.14. The second kappa shape index (κ2) is 8.77. The summed E-state index contributed by atoms with van der Waals surface area (Å²) in [5.41, 5.74) is 2.98. The first-order chi connectivity index (χ1) is 17.0. The third-order valence-corrected chi connectivity index (χ3v) is 7.93. The van der Waals surface area contributed by atoms with Crippen LogP contribution < -0.4 is 10.2 Å². The van der Waals surface area contributed by atoms with Gasteiger partial charge in [-0.1, -0.05) is 29.8 Å². The third-order valence-electron chi connectivity index (χ3n) is 7.70.